The third kappa shape index (κ3) is 3.80. The van der Waals surface area contributed by atoms with Crippen molar-refractivity contribution in [3.63, 3.8) is 0 Å². The SMILES string of the molecule is Cc1cc(-n2c3ccccc3c3c4ccccc4cc(-c4ccc5c(c4)c4ccccc4n5C(C)C)c32)c(C)cc1C(C)C. The Kier molecular flexibility index (Phi) is 6.00. The van der Waals surface area contributed by atoms with Gasteiger partial charge in [-0.3, -0.25) is 0 Å². The van der Waals surface area contributed by atoms with E-state index in [1.807, 2.05) is 0 Å². The van der Waals surface area contributed by atoms with Gasteiger partial charge in [0.25, 0.3) is 0 Å². The molecule has 0 spiro atoms. The summed E-state index contributed by atoms with van der Waals surface area (Å²) < 4.78 is 5.02. The zero-order valence-corrected chi connectivity index (χ0v) is 26.4. The van der Waals surface area contributed by atoms with E-state index in [0.717, 1.165) is 0 Å². The first-order valence-electron chi connectivity index (χ1n) is 15.9. The minimum atomic E-state index is 0.373. The molecule has 0 amide bonds. The Bertz CT molecular complexity index is 2410. The summed E-state index contributed by atoms with van der Waals surface area (Å²) >= 11 is 0. The van der Waals surface area contributed by atoms with Gasteiger partial charge in [-0.05, 0) is 103 Å². The molecule has 0 radical (unpaired) electrons. The molecule has 8 aromatic rings. The predicted octanol–water partition coefficient (Wildman–Crippen LogP) is 12.0. The molecular formula is C42H38N2. The van der Waals surface area contributed by atoms with Crippen molar-refractivity contribution < 1.29 is 0 Å². The maximum atomic E-state index is 2.54. The Hall–Kier alpha value is -4.82. The Morgan fingerprint density at radius 2 is 1.20 bits per heavy atom. The predicted molar refractivity (Wildman–Crippen MR) is 191 cm³/mol. The number of aromatic nitrogens is 2. The lowest BCUT2D eigenvalue weighted by Crippen LogP contribution is -2.02. The average molecular weight is 571 g/mol. The third-order valence-corrected chi connectivity index (χ3v) is 9.64. The van der Waals surface area contributed by atoms with E-state index in [2.05, 4.69) is 160 Å². The first kappa shape index (κ1) is 26.8. The molecule has 0 aliphatic rings. The fraction of sp³-hybridized carbons (Fsp3) is 0.190. The summed E-state index contributed by atoms with van der Waals surface area (Å²) in [6.45, 7) is 13.7. The zero-order valence-electron chi connectivity index (χ0n) is 26.4. The Morgan fingerprint density at radius 1 is 0.545 bits per heavy atom. The first-order valence-corrected chi connectivity index (χ1v) is 15.9. The highest BCUT2D eigenvalue weighted by Crippen LogP contribution is 2.44. The number of para-hydroxylation sites is 2. The molecule has 2 aromatic heterocycles. The lowest BCUT2D eigenvalue weighted by Gasteiger charge is -2.19. The molecule has 0 N–H and O–H groups in total. The number of rotatable bonds is 4. The monoisotopic (exact) mass is 570 g/mol. The summed E-state index contributed by atoms with van der Waals surface area (Å²) in [7, 11) is 0. The van der Waals surface area contributed by atoms with Crippen LogP contribution in [0.5, 0.6) is 0 Å². The van der Waals surface area contributed by atoms with Crippen LogP contribution >= 0.6 is 0 Å². The highest BCUT2D eigenvalue weighted by atomic mass is 15.0. The van der Waals surface area contributed by atoms with Crippen molar-refractivity contribution in [3.05, 3.63) is 126 Å². The van der Waals surface area contributed by atoms with Gasteiger partial charge in [0.15, 0.2) is 0 Å². The van der Waals surface area contributed by atoms with E-state index in [9.17, 15) is 0 Å². The van der Waals surface area contributed by atoms with Crippen molar-refractivity contribution in [2.75, 3.05) is 0 Å². The number of fused-ring (bicyclic) bond motifs is 8. The van der Waals surface area contributed by atoms with Gasteiger partial charge < -0.3 is 9.13 Å². The van der Waals surface area contributed by atoms with E-state index in [0.29, 0.717) is 12.0 Å². The smallest absolute Gasteiger partial charge is 0.0626 e. The zero-order chi connectivity index (χ0) is 30.3. The third-order valence-electron chi connectivity index (χ3n) is 9.64. The van der Waals surface area contributed by atoms with Crippen LogP contribution in [0.1, 0.15) is 56.3 Å². The van der Waals surface area contributed by atoms with Gasteiger partial charge in [-0.25, -0.2) is 0 Å². The number of benzene rings is 6. The minimum absolute atomic E-state index is 0.373. The van der Waals surface area contributed by atoms with E-state index in [-0.39, 0.29) is 0 Å². The topological polar surface area (TPSA) is 9.86 Å². The first-order chi connectivity index (χ1) is 21.3. The molecule has 216 valence electrons. The Balaban J connectivity index is 1.55. The summed E-state index contributed by atoms with van der Waals surface area (Å²) in [5, 5.41) is 7.81. The van der Waals surface area contributed by atoms with E-state index in [1.54, 1.807) is 0 Å². The molecule has 44 heavy (non-hydrogen) atoms. The van der Waals surface area contributed by atoms with Gasteiger partial charge in [0.1, 0.15) is 0 Å². The Morgan fingerprint density at radius 3 is 1.95 bits per heavy atom. The minimum Gasteiger partial charge on any atom is -0.338 e. The fourth-order valence-corrected chi connectivity index (χ4v) is 7.73. The van der Waals surface area contributed by atoms with E-state index in [1.165, 1.54) is 87.9 Å². The van der Waals surface area contributed by atoms with Gasteiger partial charge in [-0.1, -0.05) is 86.6 Å². The van der Waals surface area contributed by atoms with Gasteiger partial charge in [0, 0.05) is 49.9 Å². The molecule has 0 aliphatic carbocycles. The maximum absolute atomic E-state index is 2.54. The summed E-state index contributed by atoms with van der Waals surface area (Å²) in [5.41, 5.74) is 12.9. The lowest BCUT2D eigenvalue weighted by molar-refractivity contribution is 0.642. The molecule has 0 saturated heterocycles. The van der Waals surface area contributed by atoms with Crippen LogP contribution in [0.4, 0.5) is 0 Å². The molecule has 2 heterocycles. The molecule has 2 heteroatoms. The van der Waals surface area contributed by atoms with Crippen molar-refractivity contribution >= 4 is 54.4 Å². The van der Waals surface area contributed by atoms with Crippen LogP contribution in [-0.4, -0.2) is 9.13 Å². The number of hydrogen-bond donors (Lipinski definition) is 0. The second kappa shape index (κ2) is 9.86. The van der Waals surface area contributed by atoms with Crippen molar-refractivity contribution in [1.82, 2.24) is 9.13 Å². The number of hydrogen-bond acceptors (Lipinski definition) is 0. The van der Waals surface area contributed by atoms with Gasteiger partial charge in [-0.2, -0.15) is 0 Å². The Labute approximate surface area is 259 Å². The van der Waals surface area contributed by atoms with Crippen LogP contribution < -0.4 is 0 Å². The molecule has 0 bridgehead atoms. The van der Waals surface area contributed by atoms with Crippen LogP contribution in [0, 0.1) is 13.8 Å². The van der Waals surface area contributed by atoms with Gasteiger partial charge in [0.2, 0.25) is 0 Å². The van der Waals surface area contributed by atoms with Gasteiger partial charge in [0.05, 0.1) is 11.0 Å². The lowest BCUT2D eigenvalue weighted by atomic mass is 9.94. The molecule has 0 aliphatic heterocycles. The largest absolute Gasteiger partial charge is 0.338 e. The second-order valence-corrected chi connectivity index (χ2v) is 13.1. The summed E-state index contributed by atoms with van der Waals surface area (Å²) in [5.74, 6) is 0.486. The van der Waals surface area contributed by atoms with Crippen LogP contribution in [-0.2, 0) is 0 Å². The fourth-order valence-electron chi connectivity index (χ4n) is 7.73. The van der Waals surface area contributed by atoms with Crippen LogP contribution in [0.25, 0.3) is 71.2 Å². The molecule has 0 fully saturated rings. The average Bonchev–Trinajstić information content (AvgIpc) is 3.55. The van der Waals surface area contributed by atoms with E-state index in [4.69, 9.17) is 0 Å². The van der Waals surface area contributed by atoms with Crippen molar-refractivity contribution in [2.45, 2.75) is 53.5 Å². The molecule has 0 unspecified atom stereocenters. The van der Waals surface area contributed by atoms with Crippen LogP contribution in [0.2, 0.25) is 0 Å². The number of nitrogens with zero attached hydrogens (tertiary/aromatic N) is 2. The molecule has 2 nitrogen and oxygen atoms in total. The molecule has 0 atom stereocenters. The van der Waals surface area contributed by atoms with Crippen molar-refractivity contribution in [2.24, 2.45) is 0 Å². The van der Waals surface area contributed by atoms with Gasteiger partial charge >= 0.3 is 0 Å². The van der Waals surface area contributed by atoms with Crippen molar-refractivity contribution in [3.8, 4) is 16.8 Å². The molecule has 6 aromatic carbocycles. The summed E-state index contributed by atoms with van der Waals surface area (Å²) in [6, 6.07) is 41.4. The number of aryl methyl sites for hydroxylation is 2. The summed E-state index contributed by atoms with van der Waals surface area (Å²) in [6.07, 6.45) is 0. The molecule has 0 saturated carbocycles. The van der Waals surface area contributed by atoms with Crippen LogP contribution in [0.3, 0.4) is 0 Å². The van der Waals surface area contributed by atoms with E-state index < -0.39 is 0 Å². The highest BCUT2D eigenvalue weighted by molar-refractivity contribution is 6.25. The molecular weight excluding hydrogens is 532 g/mol. The van der Waals surface area contributed by atoms with Gasteiger partial charge in [-0.15, -0.1) is 0 Å². The summed E-state index contributed by atoms with van der Waals surface area (Å²) in [4.78, 5) is 0. The second-order valence-electron chi connectivity index (χ2n) is 13.1. The van der Waals surface area contributed by atoms with E-state index >= 15 is 0 Å². The highest BCUT2D eigenvalue weighted by Gasteiger charge is 2.22. The quantitative estimate of drug-likeness (QED) is 0.199. The molecule has 8 rings (SSSR count). The van der Waals surface area contributed by atoms with Crippen molar-refractivity contribution in [1.29, 1.82) is 0 Å². The maximum Gasteiger partial charge on any atom is 0.0626 e. The normalized spacial score (nSPS) is 12.3. The van der Waals surface area contributed by atoms with Crippen LogP contribution in [0.15, 0.2) is 109 Å². The standard InChI is InChI=1S/C42H38N2/c1-25(2)34-21-28(6)40(22-27(34)5)44-38-18-12-10-16-33(38)41-31-14-8-7-13-29(31)23-35(42(41)44)30-19-20-39-36(24-30)32-15-9-11-17-37(32)43(39)26(3)4/h7-26H,1-6H3.